The van der Waals surface area contributed by atoms with E-state index in [-0.39, 0.29) is 29.8 Å². The van der Waals surface area contributed by atoms with Crippen molar-refractivity contribution in [2.24, 2.45) is 5.92 Å². The lowest BCUT2D eigenvalue weighted by Crippen LogP contribution is -2.45. The van der Waals surface area contributed by atoms with E-state index in [1.54, 1.807) is 17.0 Å². The molecule has 3 rings (SSSR count). The number of likely N-dealkylation sites (tertiary alicyclic amines) is 1. The van der Waals surface area contributed by atoms with Gasteiger partial charge in [-0.1, -0.05) is 6.92 Å². The number of anilines is 1. The van der Waals surface area contributed by atoms with Gasteiger partial charge in [0.1, 0.15) is 5.76 Å². The zero-order chi connectivity index (χ0) is 21.7. The third kappa shape index (κ3) is 5.48. The summed E-state index contributed by atoms with van der Waals surface area (Å²) in [5.41, 5.74) is 0.498. The molecule has 1 aromatic heterocycles. The number of rotatable bonds is 7. The van der Waals surface area contributed by atoms with E-state index in [1.807, 2.05) is 0 Å². The number of sulfonamides is 1. The zero-order valence-corrected chi connectivity index (χ0v) is 18.0. The van der Waals surface area contributed by atoms with Gasteiger partial charge in [0, 0.05) is 25.7 Å². The highest BCUT2D eigenvalue weighted by Gasteiger charge is 2.30. The van der Waals surface area contributed by atoms with Gasteiger partial charge in [-0.25, -0.2) is 8.42 Å². The van der Waals surface area contributed by atoms with Crippen LogP contribution in [0.2, 0.25) is 0 Å². The third-order valence-corrected chi connectivity index (χ3v) is 6.98. The predicted molar refractivity (Wildman–Crippen MR) is 112 cm³/mol. The van der Waals surface area contributed by atoms with E-state index in [2.05, 4.69) is 12.2 Å². The van der Waals surface area contributed by atoms with Gasteiger partial charge in [-0.2, -0.15) is 4.31 Å². The minimum atomic E-state index is -3.95. The third-order valence-electron chi connectivity index (χ3n) is 5.17. The van der Waals surface area contributed by atoms with Crippen molar-refractivity contribution in [3.05, 3.63) is 48.4 Å². The Morgan fingerprint density at radius 3 is 2.40 bits per heavy atom. The van der Waals surface area contributed by atoms with Crippen molar-refractivity contribution >= 4 is 27.5 Å². The Morgan fingerprint density at radius 2 is 1.83 bits per heavy atom. The van der Waals surface area contributed by atoms with Crippen molar-refractivity contribution in [2.75, 3.05) is 25.0 Å². The molecule has 9 heteroatoms. The summed E-state index contributed by atoms with van der Waals surface area (Å²) in [6, 6.07) is 9.23. The quantitative estimate of drug-likeness (QED) is 0.724. The van der Waals surface area contributed by atoms with Gasteiger partial charge in [0.15, 0.2) is 0 Å². The molecule has 0 aliphatic carbocycles. The highest BCUT2D eigenvalue weighted by molar-refractivity contribution is 7.89. The highest BCUT2D eigenvalue weighted by atomic mass is 32.2. The summed E-state index contributed by atoms with van der Waals surface area (Å²) in [5.74, 6) is 0.561. The lowest BCUT2D eigenvalue weighted by molar-refractivity contribution is -0.132. The molecule has 0 atom stereocenters. The monoisotopic (exact) mass is 433 g/mol. The zero-order valence-electron chi connectivity index (χ0n) is 17.2. The van der Waals surface area contributed by atoms with Crippen LogP contribution in [0.1, 0.15) is 32.4 Å². The van der Waals surface area contributed by atoms with Crippen molar-refractivity contribution in [1.82, 2.24) is 9.21 Å². The minimum Gasteiger partial charge on any atom is -0.468 e. The number of carbonyl (C=O) groups is 2. The number of furan rings is 1. The molecule has 0 bridgehead atoms. The average Bonchev–Trinajstić information content (AvgIpc) is 3.21. The first-order valence-electron chi connectivity index (χ1n) is 9.93. The Balaban J connectivity index is 1.81. The van der Waals surface area contributed by atoms with Crippen LogP contribution in [0.4, 0.5) is 5.69 Å². The molecule has 0 radical (unpaired) electrons. The van der Waals surface area contributed by atoms with Crippen LogP contribution < -0.4 is 5.32 Å². The van der Waals surface area contributed by atoms with Crippen molar-refractivity contribution in [2.45, 2.75) is 38.1 Å². The first-order chi connectivity index (χ1) is 14.3. The fraction of sp³-hybridized carbons (Fsp3) is 0.429. The summed E-state index contributed by atoms with van der Waals surface area (Å²) in [4.78, 5) is 25.8. The molecule has 2 amide bonds. The second-order valence-electron chi connectivity index (χ2n) is 7.62. The smallest absolute Gasteiger partial charge is 0.243 e. The van der Waals surface area contributed by atoms with E-state index in [1.165, 1.54) is 37.5 Å². The molecule has 2 heterocycles. The van der Waals surface area contributed by atoms with Crippen LogP contribution in [0, 0.1) is 5.92 Å². The average molecular weight is 434 g/mol. The fourth-order valence-corrected chi connectivity index (χ4v) is 4.73. The maximum absolute atomic E-state index is 13.3. The summed E-state index contributed by atoms with van der Waals surface area (Å²) >= 11 is 0. The van der Waals surface area contributed by atoms with E-state index in [0.29, 0.717) is 30.5 Å². The van der Waals surface area contributed by atoms with Crippen LogP contribution in [-0.2, 0) is 26.2 Å². The lowest BCUT2D eigenvalue weighted by atomic mass is 9.99. The Labute approximate surface area is 176 Å². The van der Waals surface area contributed by atoms with Gasteiger partial charge >= 0.3 is 0 Å². The van der Waals surface area contributed by atoms with Crippen LogP contribution in [0.5, 0.6) is 0 Å². The number of benzene rings is 1. The molecule has 0 unspecified atom stereocenters. The summed E-state index contributed by atoms with van der Waals surface area (Å²) in [6.45, 7) is 4.51. The summed E-state index contributed by atoms with van der Waals surface area (Å²) in [5, 5.41) is 2.60. The van der Waals surface area contributed by atoms with Crippen molar-refractivity contribution < 1.29 is 22.4 Å². The van der Waals surface area contributed by atoms with E-state index in [0.717, 1.165) is 17.1 Å². The number of hydrogen-bond donors (Lipinski definition) is 1. The normalized spacial score (nSPS) is 15.4. The molecule has 1 N–H and O–H groups in total. The van der Waals surface area contributed by atoms with Crippen molar-refractivity contribution in [3.8, 4) is 0 Å². The Hall–Kier alpha value is -2.65. The molecule has 1 aliphatic rings. The SMILES string of the molecule is CC(=O)Nc1ccc(S(=O)(=O)N(CC(=O)N2CCC(C)CC2)Cc2ccco2)cc1. The number of hydrogen-bond acceptors (Lipinski definition) is 5. The Kier molecular flexibility index (Phi) is 6.94. The van der Waals surface area contributed by atoms with E-state index < -0.39 is 10.0 Å². The molecule has 162 valence electrons. The van der Waals surface area contributed by atoms with Crippen LogP contribution >= 0.6 is 0 Å². The summed E-state index contributed by atoms with van der Waals surface area (Å²) in [6.07, 6.45) is 3.30. The maximum Gasteiger partial charge on any atom is 0.243 e. The fourth-order valence-electron chi connectivity index (χ4n) is 3.37. The maximum atomic E-state index is 13.3. The second-order valence-corrected chi connectivity index (χ2v) is 9.56. The first-order valence-corrected chi connectivity index (χ1v) is 11.4. The van der Waals surface area contributed by atoms with E-state index in [4.69, 9.17) is 4.42 Å². The van der Waals surface area contributed by atoms with Gasteiger partial charge < -0.3 is 14.6 Å². The number of nitrogens with zero attached hydrogens (tertiary/aromatic N) is 2. The highest BCUT2D eigenvalue weighted by Crippen LogP contribution is 2.22. The first kappa shape index (κ1) is 22.0. The largest absolute Gasteiger partial charge is 0.468 e. The van der Waals surface area contributed by atoms with Crippen LogP contribution in [0.3, 0.4) is 0 Å². The molecule has 1 fully saturated rings. The van der Waals surface area contributed by atoms with Crippen molar-refractivity contribution in [3.63, 3.8) is 0 Å². The number of nitrogens with one attached hydrogen (secondary N) is 1. The van der Waals surface area contributed by atoms with Crippen LogP contribution in [-0.4, -0.2) is 49.1 Å². The van der Waals surface area contributed by atoms with Crippen LogP contribution in [0.15, 0.2) is 52.0 Å². The van der Waals surface area contributed by atoms with E-state index >= 15 is 0 Å². The molecular weight excluding hydrogens is 406 g/mol. The Morgan fingerprint density at radius 1 is 1.17 bits per heavy atom. The topological polar surface area (TPSA) is 99.9 Å². The molecule has 1 saturated heterocycles. The van der Waals surface area contributed by atoms with Gasteiger partial charge in [-0.3, -0.25) is 9.59 Å². The van der Waals surface area contributed by atoms with Crippen molar-refractivity contribution in [1.29, 1.82) is 0 Å². The molecule has 1 aromatic carbocycles. The number of carbonyl (C=O) groups excluding carboxylic acids is 2. The van der Waals surface area contributed by atoms with E-state index in [9.17, 15) is 18.0 Å². The molecule has 2 aromatic rings. The van der Waals surface area contributed by atoms with Gasteiger partial charge in [0.25, 0.3) is 0 Å². The van der Waals surface area contributed by atoms with Gasteiger partial charge in [-0.15, -0.1) is 0 Å². The minimum absolute atomic E-state index is 0.0429. The predicted octanol–water partition coefficient (Wildman–Crippen LogP) is 2.69. The molecule has 0 saturated carbocycles. The second kappa shape index (κ2) is 9.44. The molecule has 8 nitrogen and oxygen atoms in total. The summed E-state index contributed by atoms with van der Waals surface area (Å²) < 4.78 is 33.0. The van der Waals surface area contributed by atoms with Crippen LogP contribution in [0.25, 0.3) is 0 Å². The molecule has 1 aliphatic heterocycles. The Bertz CT molecular complexity index is 963. The molecule has 30 heavy (non-hydrogen) atoms. The summed E-state index contributed by atoms with van der Waals surface area (Å²) in [7, 11) is -3.95. The van der Waals surface area contributed by atoms with Gasteiger partial charge in [0.05, 0.1) is 24.2 Å². The lowest BCUT2D eigenvalue weighted by Gasteiger charge is -2.32. The van der Waals surface area contributed by atoms with Gasteiger partial charge in [-0.05, 0) is 55.2 Å². The number of piperidine rings is 1. The molecule has 0 spiro atoms. The standard InChI is InChI=1S/C21H27N3O5S/c1-16-9-11-23(12-10-16)21(26)15-24(14-19-4-3-13-29-19)30(27,28)20-7-5-18(6-8-20)22-17(2)25/h3-8,13,16H,9-12,14-15H2,1-2H3,(H,22,25). The number of amides is 2. The molecular formula is C21H27N3O5S. The van der Waals surface area contributed by atoms with Gasteiger partial charge in [0.2, 0.25) is 21.8 Å².